The molecular weight excluding hydrogens is 695 g/mol. The van der Waals surface area contributed by atoms with E-state index in [1.54, 1.807) is 0 Å². The molecule has 4 aliphatic rings. The minimum atomic E-state index is -4.07. The number of carbonyl (C=O) groups excluding carboxylic acids is 2. The van der Waals surface area contributed by atoms with Crippen LogP contribution in [0, 0.1) is 46.3 Å². The van der Waals surface area contributed by atoms with E-state index in [4.69, 9.17) is 9.29 Å². The molecule has 0 spiro atoms. The van der Waals surface area contributed by atoms with Crippen molar-refractivity contribution < 1.29 is 27.3 Å². The molecule has 0 radical (unpaired) electrons. The summed E-state index contributed by atoms with van der Waals surface area (Å²) in [5, 5.41) is 2.65. The number of amides is 1. The average Bonchev–Trinajstić information content (AvgIpc) is 3.49. The number of rotatable bonds is 22. The van der Waals surface area contributed by atoms with Crippen LogP contribution in [-0.2, 0) is 24.4 Å². The predicted octanol–water partition coefficient (Wildman–Crippen LogP) is 11.1. The lowest BCUT2D eigenvalue weighted by Gasteiger charge is -2.61. The second kappa shape index (κ2) is 21.9. The van der Waals surface area contributed by atoms with Crippen molar-refractivity contribution in [2.45, 2.75) is 169 Å². The summed E-state index contributed by atoms with van der Waals surface area (Å²) < 4.78 is 37.0. The van der Waals surface area contributed by atoms with Crippen LogP contribution in [0.3, 0.4) is 0 Å². The van der Waals surface area contributed by atoms with E-state index in [1.807, 2.05) is 0 Å². The Kier molecular flexibility index (Phi) is 18.1. The fourth-order valence-electron chi connectivity index (χ4n) is 11.5. The third-order valence-electron chi connectivity index (χ3n) is 14.4. The molecule has 0 aromatic rings. The number of unbranched alkanes of at least 4 members (excludes halogenated alkanes) is 4. The molecule has 0 saturated heterocycles. The van der Waals surface area contributed by atoms with E-state index in [0.29, 0.717) is 41.4 Å². The summed E-state index contributed by atoms with van der Waals surface area (Å²) in [4.78, 5) is 25.2. The molecule has 9 unspecified atom stereocenters. The Labute approximate surface area is 329 Å². The van der Waals surface area contributed by atoms with Gasteiger partial charge in [-0.1, -0.05) is 89.1 Å². The van der Waals surface area contributed by atoms with E-state index in [2.05, 4.69) is 81.6 Å². The van der Waals surface area contributed by atoms with Crippen molar-refractivity contribution in [1.82, 2.24) is 5.32 Å². The summed E-state index contributed by atoms with van der Waals surface area (Å²) in [6.07, 6.45) is 40.2. The molecular formula is C46H75NO6S. The third kappa shape index (κ3) is 13.2. The van der Waals surface area contributed by atoms with Gasteiger partial charge in [0.2, 0.25) is 5.91 Å². The minimum absolute atomic E-state index is 0.00590. The van der Waals surface area contributed by atoms with Crippen LogP contribution in [0.1, 0.15) is 163 Å². The first kappa shape index (κ1) is 44.5. The summed E-state index contributed by atoms with van der Waals surface area (Å²) in [6.45, 7) is 9.54. The highest BCUT2D eigenvalue weighted by Crippen LogP contribution is 2.68. The van der Waals surface area contributed by atoms with E-state index in [1.165, 1.54) is 51.4 Å². The SMILES string of the molecule is CC/C=C\C/C=C\C/C=C\C/C=C\CCCCCCC(=O)OC1CCC2(C)C(CCC3C2CCC2(C)C(C(C)CCC(=O)NCCS(=O)(=O)O)CCC32)C1. The molecule has 4 saturated carbocycles. The number of fused-ring (bicyclic) bond motifs is 5. The highest BCUT2D eigenvalue weighted by molar-refractivity contribution is 7.85. The Hall–Kier alpha value is -2.19. The largest absolute Gasteiger partial charge is 0.462 e. The molecule has 1 amide bonds. The van der Waals surface area contributed by atoms with Gasteiger partial charge >= 0.3 is 5.97 Å². The number of hydrogen-bond donors (Lipinski definition) is 2. The molecule has 54 heavy (non-hydrogen) atoms. The van der Waals surface area contributed by atoms with Gasteiger partial charge in [0.1, 0.15) is 6.10 Å². The summed E-state index contributed by atoms with van der Waals surface area (Å²) in [6, 6.07) is 0. The molecule has 7 nitrogen and oxygen atoms in total. The summed E-state index contributed by atoms with van der Waals surface area (Å²) in [5.41, 5.74) is 0.653. The number of hydrogen-bond acceptors (Lipinski definition) is 5. The highest BCUT2D eigenvalue weighted by Gasteiger charge is 2.60. The van der Waals surface area contributed by atoms with Crippen LogP contribution < -0.4 is 5.32 Å². The average molecular weight is 770 g/mol. The fraction of sp³-hybridized carbons (Fsp3) is 0.783. The van der Waals surface area contributed by atoms with Crippen LogP contribution in [0.5, 0.6) is 0 Å². The van der Waals surface area contributed by atoms with Crippen molar-refractivity contribution >= 4 is 22.0 Å². The van der Waals surface area contributed by atoms with Gasteiger partial charge in [0.05, 0.1) is 5.75 Å². The molecule has 0 aromatic heterocycles. The monoisotopic (exact) mass is 770 g/mol. The lowest BCUT2D eigenvalue weighted by molar-refractivity contribution is -0.162. The minimum Gasteiger partial charge on any atom is -0.462 e. The standard InChI is InChI=1S/C46H75NO6S/c1-5-6-7-8-9-10-11-12-13-14-15-16-17-18-19-20-21-22-44(49)53-38-29-31-45(3)37(35-38)24-25-39-41-27-26-40(46(41,4)32-30-42(39)45)36(2)23-28-43(48)47-33-34-54(50,51)52/h6-7,9-10,12-13,15-16,36-42H,5,8,11,14,17-35H2,1-4H3,(H,47,48)(H,50,51,52)/b7-6-,10-9-,13-12-,16-15-. The summed E-state index contributed by atoms with van der Waals surface area (Å²) in [5.74, 6) is 3.39. The first-order valence-corrected chi connectivity index (χ1v) is 23.5. The van der Waals surface area contributed by atoms with E-state index in [9.17, 15) is 18.0 Å². The van der Waals surface area contributed by atoms with Gasteiger partial charge in [-0.25, -0.2) is 0 Å². The van der Waals surface area contributed by atoms with Crippen molar-refractivity contribution in [2.75, 3.05) is 12.3 Å². The Balaban J connectivity index is 1.10. The smallest absolute Gasteiger partial charge is 0.306 e. The zero-order valence-electron chi connectivity index (χ0n) is 34.3. The second-order valence-electron chi connectivity index (χ2n) is 17.9. The molecule has 0 heterocycles. The van der Waals surface area contributed by atoms with Crippen molar-refractivity contribution in [3.05, 3.63) is 48.6 Å². The van der Waals surface area contributed by atoms with Gasteiger partial charge in [0, 0.05) is 19.4 Å². The lowest BCUT2D eigenvalue weighted by atomic mass is 9.44. The Morgan fingerprint density at radius 3 is 2.15 bits per heavy atom. The lowest BCUT2D eigenvalue weighted by Crippen LogP contribution is -2.54. The van der Waals surface area contributed by atoms with E-state index in [-0.39, 0.29) is 24.5 Å². The second-order valence-corrected chi connectivity index (χ2v) is 19.4. The molecule has 8 heteroatoms. The van der Waals surface area contributed by atoms with Crippen molar-refractivity contribution in [3.8, 4) is 0 Å². The molecule has 4 aliphatic carbocycles. The first-order chi connectivity index (χ1) is 25.9. The van der Waals surface area contributed by atoms with Crippen LogP contribution in [-0.4, -0.2) is 43.2 Å². The van der Waals surface area contributed by atoms with Gasteiger partial charge in [0.25, 0.3) is 10.1 Å². The topological polar surface area (TPSA) is 110 Å². The summed E-state index contributed by atoms with van der Waals surface area (Å²) in [7, 11) is -4.07. The van der Waals surface area contributed by atoms with Crippen molar-refractivity contribution in [1.29, 1.82) is 0 Å². The third-order valence-corrected chi connectivity index (χ3v) is 15.1. The Bertz CT molecular complexity index is 1400. The highest BCUT2D eigenvalue weighted by atomic mass is 32.2. The molecule has 4 rings (SSSR count). The molecule has 0 aromatic carbocycles. The number of esters is 1. The van der Waals surface area contributed by atoms with Crippen LogP contribution in [0.2, 0.25) is 0 Å². The maximum Gasteiger partial charge on any atom is 0.306 e. The summed E-state index contributed by atoms with van der Waals surface area (Å²) >= 11 is 0. The van der Waals surface area contributed by atoms with Crippen LogP contribution in [0.15, 0.2) is 48.6 Å². The molecule has 0 aliphatic heterocycles. The first-order valence-electron chi connectivity index (χ1n) is 21.9. The maximum absolute atomic E-state index is 12.9. The zero-order chi connectivity index (χ0) is 39.0. The Morgan fingerprint density at radius 2 is 1.44 bits per heavy atom. The van der Waals surface area contributed by atoms with E-state index >= 15 is 0 Å². The normalized spacial score (nSPS) is 31.9. The van der Waals surface area contributed by atoms with Crippen LogP contribution >= 0.6 is 0 Å². The zero-order valence-corrected chi connectivity index (χ0v) is 35.1. The van der Waals surface area contributed by atoms with Gasteiger partial charge in [-0.2, -0.15) is 8.42 Å². The van der Waals surface area contributed by atoms with Crippen LogP contribution in [0.25, 0.3) is 0 Å². The molecule has 2 N–H and O–H groups in total. The maximum atomic E-state index is 12.9. The molecule has 9 atom stereocenters. The van der Waals surface area contributed by atoms with E-state index in [0.717, 1.165) is 88.4 Å². The number of allylic oxidation sites excluding steroid dienone is 8. The van der Waals surface area contributed by atoms with Crippen LogP contribution in [0.4, 0.5) is 0 Å². The van der Waals surface area contributed by atoms with Gasteiger partial charge in [0.15, 0.2) is 0 Å². The molecule has 4 fully saturated rings. The fourth-order valence-corrected chi connectivity index (χ4v) is 11.9. The number of ether oxygens (including phenoxy) is 1. The molecule has 0 bridgehead atoms. The Morgan fingerprint density at radius 1 is 0.796 bits per heavy atom. The number of carbonyl (C=O) groups is 2. The van der Waals surface area contributed by atoms with Gasteiger partial charge in [-0.15, -0.1) is 0 Å². The van der Waals surface area contributed by atoms with Gasteiger partial charge in [-0.05, 0) is 155 Å². The predicted molar refractivity (Wildman–Crippen MR) is 221 cm³/mol. The van der Waals surface area contributed by atoms with Gasteiger partial charge in [-0.3, -0.25) is 14.1 Å². The quantitative estimate of drug-likeness (QED) is 0.0491. The van der Waals surface area contributed by atoms with E-state index < -0.39 is 15.9 Å². The van der Waals surface area contributed by atoms with Crippen molar-refractivity contribution in [2.24, 2.45) is 46.3 Å². The van der Waals surface area contributed by atoms with Gasteiger partial charge < -0.3 is 10.1 Å². The number of nitrogens with one attached hydrogen (secondary N) is 1. The van der Waals surface area contributed by atoms with Crippen molar-refractivity contribution in [3.63, 3.8) is 0 Å². The molecule has 306 valence electrons.